The number of nitrogens with zero attached hydrogens (tertiary/aromatic N) is 3. The Labute approximate surface area is 125 Å². The average Bonchev–Trinajstić information content (AvgIpc) is 2.88. The molecule has 0 aliphatic heterocycles. The molecule has 0 radical (unpaired) electrons. The van der Waals surface area contributed by atoms with E-state index in [1.807, 2.05) is 24.3 Å². The number of rotatable bonds is 3. The van der Waals surface area contributed by atoms with Crippen LogP contribution in [-0.2, 0) is 0 Å². The highest BCUT2D eigenvalue weighted by atomic mass is 127. The van der Waals surface area contributed by atoms with Gasteiger partial charge in [0.15, 0.2) is 0 Å². The summed E-state index contributed by atoms with van der Waals surface area (Å²) in [7, 11) is 0. The lowest BCUT2D eigenvalue weighted by Crippen LogP contribution is -1.98. The maximum atomic E-state index is 11.2. The molecule has 96 valence electrons. The van der Waals surface area contributed by atoms with Crippen LogP contribution in [0, 0.1) is 13.7 Å². The minimum absolute atomic E-state index is 0.0462. The highest BCUT2D eigenvalue weighted by molar-refractivity contribution is 14.1. The van der Waals surface area contributed by atoms with Gasteiger partial charge in [0.05, 0.1) is 0 Å². The molecule has 0 aliphatic carbocycles. The summed E-state index contributed by atoms with van der Waals surface area (Å²) in [6.45, 7) is 0. The molecule has 2 heterocycles. The van der Waals surface area contributed by atoms with E-state index in [1.54, 1.807) is 11.6 Å². The first-order valence-corrected chi connectivity index (χ1v) is 7.23. The van der Waals surface area contributed by atoms with E-state index in [2.05, 4.69) is 32.9 Å². The molecule has 0 fully saturated rings. The van der Waals surface area contributed by atoms with Gasteiger partial charge in [-0.2, -0.15) is 9.38 Å². The van der Waals surface area contributed by atoms with Crippen molar-refractivity contribution in [2.24, 2.45) is 0 Å². The molecule has 0 spiro atoms. The third-order valence-electron chi connectivity index (χ3n) is 2.50. The molecular weight excluding hydrogens is 379 g/mol. The van der Waals surface area contributed by atoms with E-state index in [9.17, 15) is 10.1 Å². The number of thiazole rings is 1. The predicted octanol–water partition coefficient (Wildman–Crippen LogP) is 3.65. The fourth-order valence-electron chi connectivity index (χ4n) is 1.74. The number of halogens is 1. The molecule has 3 aromatic rings. The van der Waals surface area contributed by atoms with Crippen LogP contribution in [0.2, 0.25) is 0 Å². The van der Waals surface area contributed by atoms with E-state index in [-0.39, 0.29) is 11.6 Å². The second-order valence-electron chi connectivity index (χ2n) is 3.73. The van der Waals surface area contributed by atoms with Gasteiger partial charge in [-0.15, -0.1) is 0 Å². The zero-order chi connectivity index (χ0) is 13.4. The first kappa shape index (κ1) is 12.4. The monoisotopic (exact) mass is 386 g/mol. The summed E-state index contributed by atoms with van der Waals surface area (Å²) in [5.41, 5.74) is 0.778. The number of benzene rings is 1. The lowest BCUT2D eigenvalue weighted by atomic mass is 10.3. The van der Waals surface area contributed by atoms with Gasteiger partial charge in [-0.05, 0) is 45.7 Å². The number of hydrogen-bond donors (Lipinski definition) is 1. The standard InChI is InChI=1S/C11H7IN4O2S/c12-7-2-1-3-8(6-7)13-9-10(16(17)18)15-4-5-19-11(15)14-9/h1-6,13H. The molecule has 0 saturated carbocycles. The smallest absolute Gasteiger partial charge is 0.358 e. The van der Waals surface area contributed by atoms with E-state index in [0.29, 0.717) is 4.96 Å². The zero-order valence-corrected chi connectivity index (χ0v) is 12.4. The lowest BCUT2D eigenvalue weighted by Gasteiger charge is -2.03. The minimum Gasteiger partial charge on any atom is -0.358 e. The van der Waals surface area contributed by atoms with Crippen LogP contribution in [0.25, 0.3) is 4.96 Å². The molecule has 6 nitrogen and oxygen atoms in total. The van der Waals surface area contributed by atoms with Crippen LogP contribution < -0.4 is 5.32 Å². The summed E-state index contributed by atoms with van der Waals surface area (Å²) in [4.78, 5) is 15.6. The Balaban J connectivity index is 2.07. The van der Waals surface area contributed by atoms with Crippen molar-refractivity contribution in [3.05, 3.63) is 49.5 Å². The van der Waals surface area contributed by atoms with E-state index in [1.165, 1.54) is 15.7 Å². The minimum atomic E-state index is -0.428. The van der Waals surface area contributed by atoms with Crippen LogP contribution >= 0.6 is 33.9 Å². The third kappa shape index (κ3) is 2.28. The molecular formula is C11H7IN4O2S. The Morgan fingerprint density at radius 2 is 2.32 bits per heavy atom. The summed E-state index contributed by atoms with van der Waals surface area (Å²) in [6, 6.07) is 7.58. The van der Waals surface area contributed by atoms with Gasteiger partial charge in [-0.3, -0.25) is 0 Å². The summed E-state index contributed by atoms with van der Waals surface area (Å²) < 4.78 is 2.52. The quantitative estimate of drug-likeness (QED) is 0.424. The molecule has 3 rings (SSSR count). The van der Waals surface area contributed by atoms with Crippen LogP contribution in [-0.4, -0.2) is 14.3 Å². The molecule has 0 saturated heterocycles. The van der Waals surface area contributed by atoms with Gasteiger partial charge in [0.2, 0.25) is 5.82 Å². The fourth-order valence-corrected chi connectivity index (χ4v) is 2.99. The second kappa shape index (κ2) is 4.78. The fraction of sp³-hybridized carbons (Fsp3) is 0. The van der Waals surface area contributed by atoms with Crippen molar-refractivity contribution >= 4 is 56.2 Å². The Kier molecular flexibility index (Phi) is 3.11. The average molecular weight is 386 g/mol. The zero-order valence-electron chi connectivity index (χ0n) is 9.41. The van der Waals surface area contributed by atoms with Crippen molar-refractivity contribution in [1.29, 1.82) is 0 Å². The predicted molar refractivity (Wildman–Crippen MR) is 82.2 cm³/mol. The van der Waals surface area contributed by atoms with E-state index < -0.39 is 4.92 Å². The molecule has 0 amide bonds. The van der Waals surface area contributed by atoms with Crippen molar-refractivity contribution < 1.29 is 4.92 Å². The van der Waals surface area contributed by atoms with Crippen molar-refractivity contribution in [1.82, 2.24) is 9.38 Å². The number of nitro groups is 1. The van der Waals surface area contributed by atoms with Crippen LogP contribution in [0.15, 0.2) is 35.8 Å². The topological polar surface area (TPSA) is 72.5 Å². The van der Waals surface area contributed by atoms with Crippen molar-refractivity contribution in [2.75, 3.05) is 5.32 Å². The van der Waals surface area contributed by atoms with Crippen LogP contribution in [0.1, 0.15) is 0 Å². The Morgan fingerprint density at radius 3 is 3.05 bits per heavy atom. The number of anilines is 2. The number of aromatic nitrogens is 2. The summed E-state index contributed by atoms with van der Waals surface area (Å²) in [5.74, 6) is 0.217. The molecule has 0 unspecified atom stereocenters. The van der Waals surface area contributed by atoms with Gasteiger partial charge in [0.25, 0.3) is 4.96 Å². The van der Waals surface area contributed by atoms with E-state index in [4.69, 9.17) is 0 Å². The van der Waals surface area contributed by atoms with Gasteiger partial charge in [0, 0.05) is 14.6 Å². The second-order valence-corrected chi connectivity index (χ2v) is 5.85. The normalized spacial score (nSPS) is 10.8. The number of hydrogen-bond acceptors (Lipinski definition) is 5. The Bertz CT molecular complexity index is 767. The molecule has 1 aromatic carbocycles. The Hall–Kier alpha value is -1.68. The summed E-state index contributed by atoms with van der Waals surface area (Å²) in [5, 5.41) is 15.9. The van der Waals surface area contributed by atoms with Crippen molar-refractivity contribution in [3.8, 4) is 0 Å². The van der Waals surface area contributed by atoms with Gasteiger partial charge in [0.1, 0.15) is 6.20 Å². The first-order chi connectivity index (χ1) is 9.15. The van der Waals surface area contributed by atoms with Gasteiger partial charge in [-0.1, -0.05) is 17.4 Å². The molecule has 8 heteroatoms. The van der Waals surface area contributed by atoms with Crippen LogP contribution in [0.4, 0.5) is 17.3 Å². The van der Waals surface area contributed by atoms with Crippen molar-refractivity contribution in [2.45, 2.75) is 0 Å². The molecule has 2 aromatic heterocycles. The van der Waals surface area contributed by atoms with Crippen LogP contribution in [0.5, 0.6) is 0 Å². The Morgan fingerprint density at radius 1 is 1.47 bits per heavy atom. The molecule has 19 heavy (non-hydrogen) atoms. The highest BCUT2D eigenvalue weighted by Crippen LogP contribution is 2.30. The lowest BCUT2D eigenvalue weighted by molar-refractivity contribution is -0.389. The third-order valence-corrected chi connectivity index (χ3v) is 3.92. The highest BCUT2D eigenvalue weighted by Gasteiger charge is 2.23. The molecule has 0 atom stereocenters. The largest absolute Gasteiger partial charge is 0.373 e. The van der Waals surface area contributed by atoms with E-state index in [0.717, 1.165) is 9.26 Å². The number of nitrogens with one attached hydrogen (secondary N) is 1. The number of imidazole rings is 1. The van der Waals surface area contributed by atoms with Gasteiger partial charge in [-0.25, -0.2) is 0 Å². The summed E-state index contributed by atoms with van der Waals surface area (Å²) >= 11 is 3.55. The van der Waals surface area contributed by atoms with Gasteiger partial charge >= 0.3 is 5.82 Å². The van der Waals surface area contributed by atoms with Crippen molar-refractivity contribution in [3.63, 3.8) is 0 Å². The SMILES string of the molecule is O=[N+]([O-])c1c(Nc2cccc(I)c2)nc2sccn12. The number of fused-ring (bicyclic) bond motifs is 1. The molecule has 1 N–H and O–H groups in total. The maximum absolute atomic E-state index is 11.2. The first-order valence-electron chi connectivity index (χ1n) is 5.27. The van der Waals surface area contributed by atoms with Crippen LogP contribution in [0.3, 0.4) is 0 Å². The van der Waals surface area contributed by atoms with E-state index >= 15 is 0 Å². The summed E-state index contributed by atoms with van der Waals surface area (Å²) in [6.07, 6.45) is 1.64. The molecule has 0 bridgehead atoms. The molecule has 0 aliphatic rings. The maximum Gasteiger partial charge on any atom is 0.373 e. The van der Waals surface area contributed by atoms with Gasteiger partial charge < -0.3 is 15.4 Å².